The van der Waals surface area contributed by atoms with Crippen LogP contribution < -0.4 is 10.2 Å². The number of aliphatic hydroxyl groups excluding tert-OH is 1. The van der Waals surface area contributed by atoms with Crippen molar-refractivity contribution in [1.29, 1.82) is 5.26 Å². The van der Waals surface area contributed by atoms with Gasteiger partial charge in [0.1, 0.15) is 5.52 Å². The van der Waals surface area contributed by atoms with E-state index in [0.717, 1.165) is 34.6 Å². The summed E-state index contributed by atoms with van der Waals surface area (Å²) in [5.41, 5.74) is 4.49. The van der Waals surface area contributed by atoms with Crippen LogP contribution in [0.5, 0.6) is 0 Å². The van der Waals surface area contributed by atoms with Gasteiger partial charge < -0.3 is 19.7 Å². The smallest absolute Gasteiger partial charge is 0.416 e. The van der Waals surface area contributed by atoms with E-state index in [1.807, 2.05) is 31.2 Å². The Morgan fingerprint density at radius 3 is 2.38 bits per heavy atom. The molecule has 3 aromatic carbocycles. The third-order valence-electron chi connectivity index (χ3n) is 6.88. The summed E-state index contributed by atoms with van der Waals surface area (Å²) in [5, 5.41) is 23.0. The van der Waals surface area contributed by atoms with Gasteiger partial charge in [-0.15, -0.1) is 0 Å². The maximum atomic E-state index is 12.8. The van der Waals surface area contributed by atoms with E-state index in [4.69, 9.17) is 4.42 Å². The van der Waals surface area contributed by atoms with E-state index in [-0.39, 0.29) is 0 Å². The molecule has 1 unspecified atom stereocenters. The van der Waals surface area contributed by atoms with Crippen LogP contribution in [0.3, 0.4) is 0 Å². The topological polar surface area (TPSA) is 88.6 Å². The number of aryl methyl sites for hydroxylation is 1. The van der Waals surface area contributed by atoms with Crippen molar-refractivity contribution in [3.05, 3.63) is 77.4 Å². The monoisotopic (exact) mass is 535 g/mol. The summed E-state index contributed by atoms with van der Waals surface area (Å²) >= 11 is 0. The standard InChI is InChI=1S/C29H28F3N5O2/c1-19-14-20(16-33)15-26-27(19)39-28(35-26)21-2-6-23(7-3-21)34-17-25(38)18-36-10-12-37(13-11-36)24-8-4-22(5-9-24)29(30,31)32/h2-9,14-15,25,34,38H,10-13,17-18H2,1H3. The number of nitriles is 1. The second kappa shape index (κ2) is 11.0. The van der Waals surface area contributed by atoms with Crippen molar-refractivity contribution in [2.24, 2.45) is 0 Å². The van der Waals surface area contributed by atoms with E-state index < -0.39 is 17.8 Å². The minimum absolute atomic E-state index is 0.373. The highest BCUT2D eigenvalue weighted by Crippen LogP contribution is 2.31. The Morgan fingerprint density at radius 2 is 1.74 bits per heavy atom. The summed E-state index contributed by atoms with van der Waals surface area (Å²) in [5.74, 6) is 0.477. The number of hydrogen-bond donors (Lipinski definition) is 2. The molecule has 1 aliphatic heterocycles. The third kappa shape index (κ3) is 6.16. The molecule has 0 aliphatic carbocycles. The van der Waals surface area contributed by atoms with Gasteiger partial charge in [-0.05, 0) is 73.2 Å². The number of nitrogens with zero attached hydrogens (tertiary/aromatic N) is 4. The molecule has 5 rings (SSSR count). The lowest BCUT2D eigenvalue weighted by atomic mass is 10.1. The van der Waals surface area contributed by atoms with Crippen molar-refractivity contribution in [1.82, 2.24) is 9.88 Å². The lowest BCUT2D eigenvalue weighted by molar-refractivity contribution is -0.137. The molecule has 1 atom stereocenters. The fourth-order valence-corrected chi connectivity index (χ4v) is 4.77. The highest BCUT2D eigenvalue weighted by Gasteiger charge is 2.30. The minimum Gasteiger partial charge on any atom is -0.436 e. The van der Waals surface area contributed by atoms with Crippen molar-refractivity contribution < 1.29 is 22.7 Å². The molecule has 0 saturated carbocycles. The molecule has 4 aromatic rings. The van der Waals surface area contributed by atoms with Gasteiger partial charge in [-0.1, -0.05) is 0 Å². The number of aromatic nitrogens is 1. The first-order chi connectivity index (χ1) is 18.7. The molecule has 1 fully saturated rings. The van der Waals surface area contributed by atoms with E-state index in [2.05, 4.69) is 26.2 Å². The van der Waals surface area contributed by atoms with Crippen molar-refractivity contribution in [2.75, 3.05) is 49.5 Å². The highest BCUT2D eigenvalue weighted by atomic mass is 19.4. The van der Waals surface area contributed by atoms with E-state index in [1.54, 1.807) is 12.1 Å². The summed E-state index contributed by atoms with van der Waals surface area (Å²) in [6.07, 6.45) is -4.92. The number of halogens is 3. The molecule has 39 heavy (non-hydrogen) atoms. The van der Waals surface area contributed by atoms with Crippen LogP contribution in [-0.2, 0) is 6.18 Å². The van der Waals surface area contributed by atoms with E-state index >= 15 is 0 Å². The average molecular weight is 536 g/mol. The number of benzene rings is 3. The third-order valence-corrected chi connectivity index (χ3v) is 6.88. The first kappa shape index (κ1) is 26.5. The molecule has 0 spiro atoms. The van der Waals surface area contributed by atoms with Crippen molar-refractivity contribution in [2.45, 2.75) is 19.2 Å². The molecule has 1 saturated heterocycles. The molecular formula is C29H28F3N5O2. The lowest BCUT2D eigenvalue weighted by Gasteiger charge is -2.37. The summed E-state index contributed by atoms with van der Waals surface area (Å²) < 4.78 is 44.3. The maximum absolute atomic E-state index is 12.8. The second-order valence-electron chi connectivity index (χ2n) is 9.72. The Labute approximate surface area is 224 Å². The zero-order valence-corrected chi connectivity index (χ0v) is 21.4. The summed E-state index contributed by atoms with van der Waals surface area (Å²) in [7, 11) is 0. The SMILES string of the molecule is Cc1cc(C#N)cc2nc(-c3ccc(NCC(O)CN4CCN(c5ccc(C(F)(F)F)cc5)CC4)cc3)oc12. The molecule has 1 aromatic heterocycles. The number of nitrogens with one attached hydrogen (secondary N) is 1. The van der Waals surface area contributed by atoms with Crippen LogP contribution in [0, 0.1) is 18.3 Å². The van der Waals surface area contributed by atoms with Crippen LogP contribution >= 0.6 is 0 Å². The summed E-state index contributed by atoms with van der Waals surface area (Å²) in [4.78, 5) is 8.74. The number of hydrogen-bond acceptors (Lipinski definition) is 7. The molecule has 0 radical (unpaired) electrons. The van der Waals surface area contributed by atoms with Crippen molar-refractivity contribution in [3.8, 4) is 17.5 Å². The molecular weight excluding hydrogens is 507 g/mol. The quantitative estimate of drug-likeness (QED) is 0.333. The Hall–Kier alpha value is -4.07. The molecule has 202 valence electrons. The predicted octanol–water partition coefficient (Wildman–Crippen LogP) is 5.29. The Kier molecular flexibility index (Phi) is 7.46. The van der Waals surface area contributed by atoms with Gasteiger partial charge in [-0.25, -0.2) is 4.98 Å². The van der Waals surface area contributed by atoms with Crippen LogP contribution in [0.25, 0.3) is 22.6 Å². The molecule has 2 N–H and O–H groups in total. The highest BCUT2D eigenvalue weighted by molar-refractivity contribution is 5.81. The van der Waals surface area contributed by atoms with Crippen molar-refractivity contribution >= 4 is 22.5 Å². The lowest BCUT2D eigenvalue weighted by Crippen LogP contribution is -2.49. The normalized spacial score (nSPS) is 15.3. The Bertz CT molecular complexity index is 1470. The molecule has 10 heteroatoms. The Morgan fingerprint density at radius 1 is 1.05 bits per heavy atom. The van der Waals surface area contributed by atoms with Gasteiger partial charge in [0, 0.05) is 56.2 Å². The van der Waals surface area contributed by atoms with Crippen LogP contribution in [-0.4, -0.2) is 60.4 Å². The minimum atomic E-state index is -4.33. The molecule has 1 aliphatic rings. The molecule has 2 heterocycles. The number of anilines is 2. The van der Waals surface area contributed by atoms with Crippen LogP contribution in [0.2, 0.25) is 0 Å². The number of β-amino-alcohol motifs (C(OH)–C–C–N with tert-alkyl or cyclic N) is 1. The van der Waals surface area contributed by atoms with E-state index in [1.165, 1.54) is 12.1 Å². The van der Waals surface area contributed by atoms with Crippen LogP contribution in [0.15, 0.2) is 65.1 Å². The van der Waals surface area contributed by atoms with Gasteiger partial charge >= 0.3 is 6.18 Å². The molecule has 7 nitrogen and oxygen atoms in total. The zero-order valence-electron chi connectivity index (χ0n) is 21.4. The average Bonchev–Trinajstić information content (AvgIpc) is 3.37. The zero-order chi connectivity index (χ0) is 27.6. The largest absolute Gasteiger partial charge is 0.436 e. The van der Waals surface area contributed by atoms with Gasteiger partial charge in [0.05, 0.1) is 23.3 Å². The van der Waals surface area contributed by atoms with E-state index in [0.29, 0.717) is 61.8 Å². The molecule has 0 amide bonds. The first-order valence-corrected chi connectivity index (χ1v) is 12.7. The number of alkyl halides is 3. The summed E-state index contributed by atoms with van der Waals surface area (Å²) in [6.45, 7) is 5.55. The van der Waals surface area contributed by atoms with Crippen molar-refractivity contribution in [3.63, 3.8) is 0 Å². The van der Waals surface area contributed by atoms with Crippen LogP contribution in [0.4, 0.5) is 24.5 Å². The number of piperazine rings is 1. The van der Waals surface area contributed by atoms with Crippen LogP contribution in [0.1, 0.15) is 16.7 Å². The maximum Gasteiger partial charge on any atom is 0.416 e. The molecule has 0 bridgehead atoms. The number of fused-ring (bicyclic) bond motifs is 1. The number of aliphatic hydroxyl groups is 1. The second-order valence-corrected chi connectivity index (χ2v) is 9.72. The fraction of sp³-hybridized carbons (Fsp3) is 0.310. The first-order valence-electron chi connectivity index (χ1n) is 12.7. The Balaban J connectivity index is 1.10. The number of oxazole rings is 1. The van der Waals surface area contributed by atoms with Gasteiger partial charge in [0.25, 0.3) is 0 Å². The van der Waals surface area contributed by atoms with Gasteiger partial charge in [0.2, 0.25) is 5.89 Å². The fourth-order valence-electron chi connectivity index (χ4n) is 4.77. The number of rotatable bonds is 7. The summed E-state index contributed by atoms with van der Waals surface area (Å²) in [6, 6.07) is 18.4. The predicted molar refractivity (Wildman–Crippen MR) is 143 cm³/mol. The van der Waals surface area contributed by atoms with Gasteiger partial charge in [-0.3, -0.25) is 4.90 Å². The van der Waals surface area contributed by atoms with Gasteiger partial charge in [0.15, 0.2) is 5.58 Å². The van der Waals surface area contributed by atoms with E-state index in [9.17, 15) is 23.5 Å². The van der Waals surface area contributed by atoms with Gasteiger partial charge in [-0.2, -0.15) is 18.4 Å².